The van der Waals surface area contributed by atoms with Gasteiger partial charge in [-0.2, -0.15) is 0 Å². The van der Waals surface area contributed by atoms with Crippen molar-refractivity contribution in [3.05, 3.63) is 68.2 Å². The lowest BCUT2D eigenvalue weighted by atomic mass is 9.95. The molecule has 0 radical (unpaired) electrons. The van der Waals surface area contributed by atoms with E-state index in [2.05, 4.69) is 19.2 Å². The fraction of sp³-hybridized carbons (Fsp3) is 0.250. The Morgan fingerprint density at radius 2 is 1.55 bits per heavy atom. The Bertz CT molecular complexity index is 559. The van der Waals surface area contributed by atoms with Gasteiger partial charge in [-0.25, -0.2) is 0 Å². The lowest BCUT2D eigenvalue weighted by Gasteiger charge is -2.22. The molecule has 2 rings (SSSR count). The molecule has 0 spiro atoms. The van der Waals surface area contributed by atoms with E-state index in [1.165, 1.54) is 5.56 Å². The van der Waals surface area contributed by atoms with Crippen LogP contribution in [0.4, 0.5) is 0 Å². The summed E-state index contributed by atoms with van der Waals surface area (Å²) in [7, 11) is 0. The smallest absolute Gasteiger partial charge is 0.0594 e. The number of halogens is 3. The Balaban J connectivity index is 2.50. The van der Waals surface area contributed by atoms with Gasteiger partial charge in [-0.15, -0.1) is 0 Å². The van der Waals surface area contributed by atoms with E-state index in [0.29, 0.717) is 10.0 Å². The lowest BCUT2D eigenvalue weighted by Crippen LogP contribution is -2.23. The largest absolute Gasteiger partial charge is 0.306 e. The molecule has 1 atom stereocenters. The molecule has 2 aromatic rings. The van der Waals surface area contributed by atoms with Crippen molar-refractivity contribution in [2.75, 3.05) is 6.54 Å². The van der Waals surface area contributed by atoms with E-state index in [1.54, 1.807) is 6.07 Å². The molecule has 20 heavy (non-hydrogen) atoms. The van der Waals surface area contributed by atoms with Gasteiger partial charge in [-0.05, 0) is 54.4 Å². The molecule has 1 N–H and O–H groups in total. The highest BCUT2D eigenvalue weighted by atomic mass is 35.5. The summed E-state index contributed by atoms with van der Waals surface area (Å²) in [5.41, 5.74) is 3.32. The molecule has 0 aliphatic heterocycles. The van der Waals surface area contributed by atoms with Crippen LogP contribution in [0.5, 0.6) is 0 Å². The Morgan fingerprint density at radius 1 is 0.950 bits per heavy atom. The number of hydrogen-bond acceptors (Lipinski definition) is 1. The summed E-state index contributed by atoms with van der Waals surface area (Å²) in [6.45, 7) is 4.96. The number of rotatable bonds is 4. The van der Waals surface area contributed by atoms with Crippen LogP contribution in [0, 0.1) is 6.92 Å². The van der Waals surface area contributed by atoms with Crippen molar-refractivity contribution in [3.63, 3.8) is 0 Å². The van der Waals surface area contributed by atoms with Crippen molar-refractivity contribution in [1.82, 2.24) is 5.32 Å². The molecular formula is C16H16Cl3N. The van der Waals surface area contributed by atoms with Gasteiger partial charge in [-0.3, -0.25) is 0 Å². The standard InChI is InChI=1S/C16H16Cl3N/c1-3-20-16(13-6-4-11(17)8-10(13)2)14-7-5-12(18)9-15(14)19/h4-9,16,20H,3H2,1-2H3. The first-order valence-corrected chi connectivity index (χ1v) is 7.60. The summed E-state index contributed by atoms with van der Waals surface area (Å²) in [5.74, 6) is 0. The van der Waals surface area contributed by atoms with E-state index in [1.807, 2.05) is 30.3 Å². The summed E-state index contributed by atoms with van der Waals surface area (Å²) >= 11 is 18.4. The van der Waals surface area contributed by atoms with Gasteiger partial charge < -0.3 is 5.32 Å². The molecule has 0 bridgehead atoms. The average molecular weight is 329 g/mol. The van der Waals surface area contributed by atoms with Gasteiger partial charge in [-0.1, -0.05) is 53.9 Å². The third-order valence-corrected chi connectivity index (χ3v) is 4.02. The van der Waals surface area contributed by atoms with Gasteiger partial charge in [0.05, 0.1) is 6.04 Å². The van der Waals surface area contributed by atoms with E-state index in [9.17, 15) is 0 Å². The maximum atomic E-state index is 6.34. The summed E-state index contributed by atoms with van der Waals surface area (Å²) in [4.78, 5) is 0. The predicted octanol–water partition coefficient (Wildman–Crippen LogP) is 5.65. The summed E-state index contributed by atoms with van der Waals surface area (Å²) in [6.07, 6.45) is 0. The van der Waals surface area contributed by atoms with Crippen LogP contribution >= 0.6 is 34.8 Å². The number of nitrogens with one attached hydrogen (secondary N) is 1. The molecule has 1 unspecified atom stereocenters. The van der Waals surface area contributed by atoms with Crippen molar-refractivity contribution in [1.29, 1.82) is 0 Å². The van der Waals surface area contributed by atoms with Crippen LogP contribution in [0.25, 0.3) is 0 Å². The Morgan fingerprint density at radius 3 is 2.10 bits per heavy atom. The van der Waals surface area contributed by atoms with Gasteiger partial charge >= 0.3 is 0 Å². The number of aryl methyl sites for hydroxylation is 1. The molecule has 0 aromatic heterocycles. The fourth-order valence-electron chi connectivity index (χ4n) is 2.29. The first-order chi connectivity index (χ1) is 9.52. The van der Waals surface area contributed by atoms with Gasteiger partial charge in [0.2, 0.25) is 0 Å². The highest BCUT2D eigenvalue weighted by Gasteiger charge is 2.18. The quantitative estimate of drug-likeness (QED) is 0.764. The SMILES string of the molecule is CCNC(c1ccc(Cl)cc1C)c1ccc(Cl)cc1Cl. The Labute approximate surface area is 134 Å². The van der Waals surface area contributed by atoms with Crippen LogP contribution in [0.2, 0.25) is 15.1 Å². The third kappa shape index (κ3) is 3.48. The van der Waals surface area contributed by atoms with E-state index < -0.39 is 0 Å². The van der Waals surface area contributed by atoms with Crippen LogP contribution < -0.4 is 5.32 Å². The molecule has 0 saturated carbocycles. The van der Waals surface area contributed by atoms with Crippen LogP contribution in [0.3, 0.4) is 0 Å². The lowest BCUT2D eigenvalue weighted by molar-refractivity contribution is 0.628. The van der Waals surface area contributed by atoms with Crippen molar-refractivity contribution in [2.24, 2.45) is 0 Å². The molecule has 0 aliphatic carbocycles. The molecule has 106 valence electrons. The Hall–Kier alpha value is -0.730. The van der Waals surface area contributed by atoms with Crippen LogP contribution in [-0.4, -0.2) is 6.54 Å². The maximum Gasteiger partial charge on any atom is 0.0594 e. The predicted molar refractivity (Wildman–Crippen MR) is 88.2 cm³/mol. The van der Waals surface area contributed by atoms with Crippen LogP contribution in [-0.2, 0) is 0 Å². The van der Waals surface area contributed by atoms with Crippen molar-refractivity contribution in [3.8, 4) is 0 Å². The normalized spacial score (nSPS) is 12.4. The molecule has 4 heteroatoms. The summed E-state index contributed by atoms with van der Waals surface area (Å²) in [5, 5.41) is 5.51. The van der Waals surface area contributed by atoms with Crippen LogP contribution in [0.1, 0.15) is 29.7 Å². The molecule has 0 saturated heterocycles. The van der Waals surface area contributed by atoms with E-state index >= 15 is 0 Å². The molecule has 1 nitrogen and oxygen atoms in total. The molecule has 0 heterocycles. The number of hydrogen-bond donors (Lipinski definition) is 1. The molecule has 0 fully saturated rings. The monoisotopic (exact) mass is 327 g/mol. The minimum atomic E-state index is 0.0297. The zero-order valence-corrected chi connectivity index (χ0v) is 13.7. The van der Waals surface area contributed by atoms with Gasteiger partial charge in [0.15, 0.2) is 0 Å². The van der Waals surface area contributed by atoms with Crippen molar-refractivity contribution in [2.45, 2.75) is 19.9 Å². The fourth-order valence-corrected chi connectivity index (χ4v) is 3.03. The molecule has 2 aromatic carbocycles. The van der Waals surface area contributed by atoms with Crippen molar-refractivity contribution < 1.29 is 0 Å². The zero-order chi connectivity index (χ0) is 14.7. The van der Waals surface area contributed by atoms with Crippen LogP contribution in [0.15, 0.2) is 36.4 Å². The van der Waals surface area contributed by atoms with E-state index in [-0.39, 0.29) is 6.04 Å². The minimum absolute atomic E-state index is 0.0297. The van der Waals surface area contributed by atoms with E-state index in [4.69, 9.17) is 34.8 Å². The zero-order valence-electron chi connectivity index (χ0n) is 11.4. The summed E-state index contributed by atoms with van der Waals surface area (Å²) in [6, 6.07) is 11.5. The second-order valence-electron chi connectivity index (χ2n) is 4.66. The highest BCUT2D eigenvalue weighted by molar-refractivity contribution is 6.35. The second kappa shape index (κ2) is 6.82. The molecular weight excluding hydrogens is 313 g/mol. The Kier molecular flexibility index (Phi) is 5.34. The summed E-state index contributed by atoms with van der Waals surface area (Å²) < 4.78 is 0. The van der Waals surface area contributed by atoms with Crippen molar-refractivity contribution >= 4 is 34.8 Å². The second-order valence-corrected chi connectivity index (χ2v) is 5.94. The molecule has 0 amide bonds. The first-order valence-electron chi connectivity index (χ1n) is 6.47. The first kappa shape index (κ1) is 15.7. The van der Waals surface area contributed by atoms with Gasteiger partial charge in [0.1, 0.15) is 0 Å². The molecule has 0 aliphatic rings. The van der Waals surface area contributed by atoms with E-state index in [0.717, 1.165) is 22.7 Å². The number of benzene rings is 2. The average Bonchev–Trinajstić information content (AvgIpc) is 2.37. The third-order valence-electron chi connectivity index (χ3n) is 3.22. The topological polar surface area (TPSA) is 12.0 Å². The minimum Gasteiger partial charge on any atom is -0.306 e. The highest BCUT2D eigenvalue weighted by Crippen LogP contribution is 2.32. The maximum absolute atomic E-state index is 6.34. The van der Waals surface area contributed by atoms with Gasteiger partial charge in [0, 0.05) is 15.1 Å². The van der Waals surface area contributed by atoms with Gasteiger partial charge in [0.25, 0.3) is 0 Å².